The third kappa shape index (κ3) is 4.58. The van der Waals surface area contributed by atoms with Crippen LogP contribution in [0.1, 0.15) is 15.9 Å². The molecule has 0 aliphatic carbocycles. The molecule has 168 valence electrons. The van der Waals surface area contributed by atoms with Crippen LogP contribution in [-0.4, -0.2) is 26.5 Å². The van der Waals surface area contributed by atoms with Gasteiger partial charge in [-0.3, -0.25) is 10.4 Å². The Balaban J connectivity index is 1.75. The predicted octanol–water partition coefficient (Wildman–Crippen LogP) is 6.45. The summed E-state index contributed by atoms with van der Waals surface area (Å²) in [6, 6.07) is 15.5. The van der Waals surface area contributed by atoms with Crippen LogP contribution in [-0.2, 0) is 6.18 Å². The van der Waals surface area contributed by atoms with Crippen LogP contribution < -0.4 is 5.23 Å². The lowest BCUT2D eigenvalue weighted by molar-refractivity contribution is -0.137. The lowest BCUT2D eigenvalue weighted by atomic mass is 9.96. The highest BCUT2D eigenvalue weighted by Crippen LogP contribution is 2.37. The van der Waals surface area contributed by atoms with Crippen molar-refractivity contribution in [1.82, 2.24) is 4.98 Å². The van der Waals surface area contributed by atoms with Gasteiger partial charge in [0.1, 0.15) is 10.7 Å². The largest absolute Gasteiger partial charge is 0.478 e. The van der Waals surface area contributed by atoms with Gasteiger partial charge >= 0.3 is 12.1 Å². The van der Waals surface area contributed by atoms with E-state index in [4.69, 9.17) is 0 Å². The van der Waals surface area contributed by atoms with Crippen LogP contribution in [0.5, 0.6) is 0 Å². The van der Waals surface area contributed by atoms with E-state index in [1.807, 2.05) is 0 Å². The molecule has 0 bridgehead atoms. The first-order chi connectivity index (χ1) is 15.6. The summed E-state index contributed by atoms with van der Waals surface area (Å²) in [5, 5.41) is 30.6. The van der Waals surface area contributed by atoms with E-state index in [9.17, 15) is 33.5 Å². The summed E-state index contributed by atoms with van der Waals surface area (Å²) in [6.45, 7) is 0. The lowest BCUT2D eigenvalue weighted by Crippen LogP contribution is -2.12. The van der Waals surface area contributed by atoms with Crippen LogP contribution in [0.4, 0.5) is 18.9 Å². The molecule has 10 heteroatoms. The van der Waals surface area contributed by atoms with Crippen molar-refractivity contribution in [2.24, 2.45) is 0 Å². The summed E-state index contributed by atoms with van der Waals surface area (Å²) in [5.41, 5.74) is 0.742. The summed E-state index contributed by atoms with van der Waals surface area (Å²) in [4.78, 5) is 16.3. The number of anilines is 1. The van der Waals surface area contributed by atoms with Crippen LogP contribution in [0.15, 0.2) is 72.1 Å². The highest BCUT2D eigenvalue weighted by Gasteiger charge is 2.30. The third-order valence-corrected chi connectivity index (χ3v) is 5.79. The minimum atomic E-state index is -4.48. The first kappa shape index (κ1) is 22.5. The average molecular weight is 472 g/mol. The van der Waals surface area contributed by atoms with Crippen molar-refractivity contribution >= 4 is 23.0 Å². The molecule has 0 atom stereocenters. The Hall–Kier alpha value is -3.73. The molecule has 0 fully saturated rings. The van der Waals surface area contributed by atoms with Crippen molar-refractivity contribution in [3.63, 3.8) is 0 Å². The van der Waals surface area contributed by atoms with Crippen molar-refractivity contribution < 1.29 is 33.5 Å². The van der Waals surface area contributed by atoms with Gasteiger partial charge in [0.2, 0.25) is 0 Å². The topological polar surface area (TPSA) is 93.9 Å². The van der Waals surface area contributed by atoms with Gasteiger partial charge < -0.3 is 5.11 Å². The van der Waals surface area contributed by atoms with E-state index in [1.54, 1.807) is 29.6 Å². The Labute approximate surface area is 189 Å². The molecular formula is C23H15F3N2O4S. The zero-order chi connectivity index (χ0) is 23.8. The number of hydrogen-bond donors (Lipinski definition) is 3. The van der Waals surface area contributed by atoms with Crippen molar-refractivity contribution in [2.75, 3.05) is 5.23 Å². The number of aromatic carboxylic acids is 1. The van der Waals surface area contributed by atoms with Crippen molar-refractivity contribution in [3.05, 3.63) is 83.2 Å². The number of para-hydroxylation sites is 1. The van der Waals surface area contributed by atoms with Gasteiger partial charge in [-0.1, -0.05) is 42.5 Å². The van der Waals surface area contributed by atoms with Gasteiger partial charge in [-0.15, -0.1) is 16.6 Å². The Morgan fingerprint density at radius 1 is 0.909 bits per heavy atom. The number of thiazole rings is 1. The van der Waals surface area contributed by atoms with Gasteiger partial charge in [0.15, 0.2) is 0 Å². The summed E-state index contributed by atoms with van der Waals surface area (Å²) in [5.74, 6) is -1.24. The molecule has 0 radical (unpaired) electrons. The molecule has 0 spiro atoms. The summed E-state index contributed by atoms with van der Waals surface area (Å²) < 4.78 is 39.1. The van der Waals surface area contributed by atoms with Gasteiger partial charge in [-0.05, 0) is 29.8 Å². The van der Waals surface area contributed by atoms with E-state index >= 15 is 0 Å². The molecule has 0 aliphatic rings. The maximum absolute atomic E-state index is 13.0. The van der Waals surface area contributed by atoms with E-state index < -0.39 is 17.7 Å². The number of hydrogen-bond acceptors (Lipinski definition) is 6. The fourth-order valence-corrected chi connectivity index (χ4v) is 4.18. The molecule has 1 aromatic heterocycles. The highest BCUT2D eigenvalue weighted by atomic mass is 32.1. The summed E-state index contributed by atoms with van der Waals surface area (Å²) >= 11 is 1.17. The van der Waals surface area contributed by atoms with Gasteiger partial charge in [-0.25, -0.2) is 9.78 Å². The van der Waals surface area contributed by atoms with Gasteiger partial charge in [0.25, 0.3) is 0 Å². The first-order valence-electron chi connectivity index (χ1n) is 9.43. The summed E-state index contributed by atoms with van der Waals surface area (Å²) in [6.07, 6.45) is -4.48. The molecule has 0 saturated heterocycles. The molecule has 0 unspecified atom stereocenters. The zero-order valence-corrected chi connectivity index (χ0v) is 17.4. The first-order valence-corrected chi connectivity index (χ1v) is 10.3. The average Bonchev–Trinajstić information content (AvgIpc) is 3.28. The van der Waals surface area contributed by atoms with Crippen molar-refractivity contribution in [2.45, 2.75) is 6.18 Å². The normalized spacial score (nSPS) is 11.4. The maximum Gasteiger partial charge on any atom is 0.416 e. The van der Waals surface area contributed by atoms with E-state index in [0.29, 0.717) is 21.8 Å². The number of benzene rings is 3. The number of carboxylic acid groups (broad SMARTS) is 1. The molecule has 3 N–H and O–H groups in total. The monoisotopic (exact) mass is 472 g/mol. The second-order valence-electron chi connectivity index (χ2n) is 6.99. The number of alkyl halides is 3. The smallest absolute Gasteiger partial charge is 0.416 e. The second-order valence-corrected chi connectivity index (χ2v) is 7.85. The minimum Gasteiger partial charge on any atom is -0.478 e. The molecule has 3 aromatic carbocycles. The molecule has 4 rings (SSSR count). The Morgan fingerprint density at radius 3 is 2.36 bits per heavy atom. The number of aromatic nitrogens is 1. The molecule has 33 heavy (non-hydrogen) atoms. The van der Waals surface area contributed by atoms with Gasteiger partial charge in [-0.2, -0.15) is 13.2 Å². The molecule has 0 saturated carbocycles. The molecule has 0 amide bonds. The van der Waals surface area contributed by atoms with Crippen LogP contribution in [0.2, 0.25) is 0 Å². The quantitative estimate of drug-likeness (QED) is 0.289. The van der Waals surface area contributed by atoms with E-state index in [2.05, 4.69) is 4.98 Å². The van der Waals surface area contributed by atoms with E-state index in [-0.39, 0.29) is 27.6 Å². The Morgan fingerprint density at radius 2 is 1.67 bits per heavy atom. The Kier molecular flexibility index (Phi) is 5.90. The molecule has 0 aliphatic heterocycles. The van der Waals surface area contributed by atoms with Crippen molar-refractivity contribution in [1.29, 1.82) is 0 Å². The Bertz CT molecular complexity index is 1340. The fourth-order valence-electron chi connectivity index (χ4n) is 3.36. The molecule has 4 aromatic rings. The standard InChI is InChI=1S/C23H15F3N2O4S/c24-23(25,26)15-5-3-4-13(10-15)19-12-33-21(27-19)14-8-9-16(18(11-14)22(29)30)17-6-1-2-7-20(17)28(31)32/h1-12,31-32H,(H,29,30). The minimum absolute atomic E-state index is 0.00571. The predicted molar refractivity (Wildman–Crippen MR) is 116 cm³/mol. The highest BCUT2D eigenvalue weighted by molar-refractivity contribution is 7.13. The number of nitrogens with zero attached hydrogens (tertiary/aromatic N) is 2. The number of carbonyl (C=O) groups is 1. The molecule has 6 nitrogen and oxygen atoms in total. The van der Waals surface area contributed by atoms with Gasteiger partial charge in [0, 0.05) is 22.1 Å². The maximum atomic E-state index is 13.0. The zero-order valence-electron chi connectivity index (χ0n) is 16.6. The SMILES string of the molecule is O=C(O)c1cc(-c2nc(-c3cccc(C(F)(F)F)c3)cs2)ccc1-c1ccccc1N(O)O. The van der Waals surface area contributed by atoms with E-state index in [1.165, 1.54) is 41.7 Å². The van der Waals surface area contributed by atoms with Gasteiger partial charge in [0.05, 0.1) is 16.8 Å². The molecule has 1 heterocycles. The number of carboxylic acids is 1. The fraction of sp³-hybridized carbons (Fsp3) is 0.0435. The van der Waals surface area contributed by atoms with Crippen LogP contribution in [0.3, 0.4) is 0 Å². The third-order valence-electron chi connectivity index (χ3n) is 4.90. The van der Waals surface area contributed by atoms with Crippen LogP contribution in [0.25, 0.3) is 33.0 Å². The number of halogens is 3. The number of rotatable bonds is 5. The summed E-state index contributed by atoms with van der Waals surface area (Å²) in [7, 11) is 0. The van der Waals surface area contributed by atoms with E-state index in [0.717, 1.165) is 12.1 Å². The second kappa shape index (κ2) is 8.66. The molecular weight excluding hydrogens is 457 g/mol. The van der Waals surface area contributed by atoms with Crippen molar-refractivity contribution in [3.8, 4) is 33.0 Å². The van der Waals surface area contributed by atoms with Crippen LogP contribution >= 0.6 is 11.3 Å². The van der Waals surface area contributed by atoms with Crippen LogP contribution in [0, 0.1) is 0 Å². The lowest BCUT2D eigenvalue weighted by Gasteiger charge is -2.15.